The Labute approximate surface area is 141 Å². The number of likely N-dealkylation sites (N-methyl/N-ethyl adjacent to an activating group) is 1. The van der Waals surface area contributed by atoms with Crippen molar-refractivity contribution in [2.75, 3.05) is 7.05 Å². The first-order valence-corrected chi connectivity index (χ1v) is 9.10. The van der Waals surface area contributed by atoms with Gasteiger partial charge in [0.2, 0.25) is 0 Å². The van der Waals surface area contributed by atoms with E-state index >= 15 is 0 Å². The van der Waals surface area contributed by atoms with E-state index in [1.165, 1.54) is 29.7 Å². The number of aromatic nitrogens is 2. The number of nitrogens with zero attached hydrogens (tertiary/aromatic N) is 3. The monoisotopic (exact) mass is 329 g/mol. The number of fused-ring (bicyclic) bond motifs is 1. The maximum absolute atomic E-state index is 12.8. The average Bonchev–Trinajstić information content (AvgIpc) is 2.85. The second-order valence-electron chi connectivity index (χ2n) is 6.29. The molecule has 5 heteroatoms. The molecule has 0 spiro atoms. The van der Waals surface area contributed by atoms with Crippen LogP contribution in [0.1, 0.15) is 52.0 Å². The summed E-state index contributed by atoms with van der Waals surface area (Å²) < 4.78 is 0. The minimum atomic E-state index is 0.0982. The highest BCUT2D eigenvalue weighted by atomic mass is 32.1. The molecular weight excluding hydrogens is 306 g/mol. The van der Waals surface area contributed by atoms with Gasteiger partial charge in [0.25, 0.3) is 5.91 Å². The average molecular weight is 329 g/mol. The molecule has 0 fully saturated rings. The molecule has 1 unspecified atom stereocenters. The summed E-state index contributed by atoms with van der Waals surface area (Å²) in [4.78, 5) is 25.3. The third kappa shape index (κ3) is 3.78. The highest BCUT2D eigenvalue weighted by Gasteiger charge is 2.22. The van der Waals surface area contributed by atoms with Crippen molar-refractivity contribution < 1.29 is 4.79 Å². The van der Waals surface area contributed by atoms with Gasteiger partial charge in [0.05, 0.1) is 10.6 Å². The summed E-state index contributed by atoms with van der Waals surface area (Å²) >= 11 is 1.69. The van der Waals surface area contributed by atoms with Gasteiger partial charge in [-0.25, -0.2) is 0 Å². The molecule has 0 bridgehead atoms. The van der Waals surface area contributed by atoms with Crippen LogP contribution in [0.25, 0.3) is 0 Å². The Morgan fingerprint density at radius 2 is 2.13 bits per heavy atom. The Balaban J connectivity index is 1.69. The molecule has 4 nitrogen and oxygen atoms in total. The lowest BCUT2D eigenvalue weighted by Crippen LogP contribution is -2.36. The van der Waals surface area contributed by atoms with Gasteiger partial charge >= 0.3 is 0 Å². The van der Waals surface area contributed by atoms with Gasteiger partial charge in [-0.1, -0.05) is 6.42 Å². The second-order valence-corrected chi connectivity index (χ2v) is 7.42. The molecule has 0 aromatic carbocycles. The largest absolute Gasteiger partial charge is 0.338 e. The molecule has 2 aromatic rings. The molecule has 0 saturated heterocycles. The van der Waals surface area contributed by atoms with E-state index in [1.807, 2.05) is 11.9 Å². The molecule has 2 aromatic heterocycles. The minimum absolute atomic E-state index is 0.0982. The predicted molar refractivity (Wildman–Crippen MR) is 92.9 cm³/mol. The number of amides is 1. The zero-order valence-electron chi connectivity index (χ0n) is 13.8. The van der Waals surface area contributed by atoms with E-state index in [0.29, 0.717) is 0 Å². The Kier molecular flexibility index (Phi) is 5.06. The molecule has 3 rings (SSSR count). The summed E-state index contributed by atoms with van der Waals surface area (Å²) in [7, 11) is 1.88. The first kappa shape index (κ1) is 16.1. The quantitative estimate of drug-likeness (QED) is 0.806. The molecule has 23 heavy (non-hydrogen) atoms. The molecule has 1 aliphatic carbocycles. The molecule has 0 saturated carbocycles. The molecular formula is C18H23N3OS. The van der Waals surface area contributed by atoms with Gasteiger partial charge in [0.1, 0.15) is 0 Å². The highest BCUT2D eigenvalue weighted by Crippen LogP contribution is 2.29. The van der Waals surface area contributed by atoms with Crippen LogP contribution < -0.4 is 0 Å². The van der Waals surface area contributed by atoms with Crippen molar-refractivity contribution in [3.8, 4) is 0 Å². The Hall–Kier alpha value is -1.75. The number of carbonyl (C=O) groups is 1. The molecule has 0 aliphatic heterocycles. The van der Waals surface area contributed by atoms with Crippen molar-refractivity contribution in [3.05, 3.63) is 45.7 Å². The fourth-order valence-corrected chi connectivity index (χ4v) is 4.26. The molecule has 122 valence electrons. The van der Waals surface area contributed by atoms with Gasteiger partial charge in [-0.3, -0.25) is 14.8 Å². The maximum Gasteiger partial charge on any atom is 0.263 e. The summed E-state index contributed by atoms with van der Waals surface area (Å²) in [6.45, 7) is 2.06. The summed E-state index contributed by atoms with van der Waals surface area (Å²) in [5.74, 6) is 0.125. The molecule has 1 amide bonds. The van der Waals surface area contributed by atoms with E-state index in [2.05, 4.69) is 23.0 Å². The first-order valence-electron chi connectivity index (χ1n) is 8.29. The van der Waals surface area contributed by atoms with Crippen LogP contribution in [0.2, 0.25) is 0 Å². The minimum Gasteiger partial charge on any atom is -0.338 e. The van der Waals surface area contributed by atoms with E-state index in [0.717, 1.165) is 29.8 Å². The fraction of sp³-hybridized carbons (Fsp3) is 0.500. The smallest absolute Gasteiger partial charge is 0.263 e. The maximum atomic E-state index is 12.8. The first-order chi connectivity index (χ1) is 11.1. The molecule has 0 N–H and O–H groups in total. The zero-order chi connectivity index (χ0) is 16.2. The third-order valence-electron chi connectivity index (χ3n) is 4.56. The van der Waals surface area contributed by atoms with E-state index in [4.69, 9.17) is 0 Å². The van der Waals surface area contributed by atoms with E-state index < -0.39 is 0 Å². The summed E-state index contributed by atoms with van der Waals surface area (Å²) in [6, 6.07) is 2.22. The Morgan fingerprint density at radius 1 is 1.30 bits per heavy atom. The normalized spacial score (nSPS) is 15.6. The molecule has 2 heterocycles. The predicted octanol–water partition coefficient (Wildman–Crippen LogP) is 3.51. The SMILES string of the molecule is CC(Cc1cnccn1)N(C)C(=O)c1cc2c(s1)CCCCC2. The lowest BCUT2D eigenvalue weighted by atomic mass is 10.1. The Bertz CT molecular complexity index is 645. The Morgan fingerprint density at radius 3 is 2.91 bits per heavy atom. The van der Waals surface area contributed by atoms with Crippen LogP contribution in [0, 0.1) is 0 Å². The van der Waals surface area contributed by atoms with E-state index in [1.54, 1.807) is 29.9 Å². The number of thiophene rings is 1. The van der Waals surface area contributed by atoms with Crippen molar-refractivity contribution in [1.29, 1.82) is 0 Å². The van der Waals surface area contributed by atoms with Gasteiger partial charge in [-0.05, 0) is 44.2 Å². The van der Waals surface area contributed by atoms with Crippen LogP contribution in [0.4, 0.5) is 0 Å². The number of hydrogen-bond acceptors (Lipinski definition) is 4. The van der Waals surface area contributed by atoms with Crippen molar-refractivity contribution >= 4 is 17.2 Å². The van der Waals surface area contributed by atoms with Crippen LogP contribution in [0.3, 0.4) is 0 Å². The van der Waals surface area contributed by atoms with Crippen LogP contribution >= 0.6 is 11.3 Å². The number of rotatable bonds is 4. The zero-order valence-corrected chi connectivity index (χ0v) is 14.6. The van der Waals surface area contributed by atoms with Gasteiger partial charge in [0, 0.05) is 43.0 Å². The van der Waals surface area contributed by atoms with Gasteiger partial charge in [-0.15, -0.1) is 11.3 Å². The topological polar surface area (TPSA) is 46.1 Å². The van der Waals surface area contributed by atoms with Crippen LogP contribution in [-0.4, -0.2) is 33.9 Å². The number of aryl methyl sites for hydroxylation is 2. The summed E-state index contributed by atoms with van der Waals surface area (Å²) in [5.41, 5.74) is 2.31. The van der Waals surface area contributed by atoms with E-state index in [-0.39, 0.29) is 11.9 Å². The van der Waals surface area contributed by atoms with Crippen molar-refractivity contribution in [1.82, 2.24) is 14.9 Å². The summed E-state index contributed by atoms with van der Waals surface area (Å²) in [5, 5.41) is 0. The van der Waals surface area contributed by atoms with Crippen LogP contribution in [-0.2, 0) is 19.3 Å². The van der Waals surface area contributed by atoms with Gasteiger partial charge < -0.3 is 4.90 Å². The fourth-order valence-electron chi connectivity index (χ4n) is 3.02. The highest BCUT2D eigenvalue weighted by molar-refractivity contribution is 7.14. The molecule has 1 atom stereocenters. The lowest BCUT2D eigenvalue weighted by molar-refractivity contribution is 0.0747. The molecule has 0 radical (unpaired) electrons. The lowest BCUT2D eigenvalue weighted by Gasteiger charge is -2.24. The second kappa shape index (κ2) is 7.21. The third-order valence-corrected chi connectivity index (χ3v) is 5.79. The van der Waals surface area contributed by atoms with Crippen molar-refractivity contribution in [2.45, 2.75) is 51.5 Å². The number of carbonyl (C=O) groups excluding carboxylic acids is 1. The van der Waals surface area contributed by atoms with Crippen molar-refractivity contribution in [2.24, 2.45) is 0 Å². The van der Waals surface area contributed by atoms with Gasteiger partial charge in [-0.2, -0.15) is 0 Å². The summed E-state index contributed by atoms with van der Waals surface area (Å²) in [6.07, 6.45) is 11.9. The standard InChI is InChI=1S/C18H23N3OS/c1-13(10-15-12-19-8-9-20-15)21(2)18(22)17-11-14-6-4-3-5-7-16(14)23-17/h8-9,11-13H,3-7,10H2,1-2H3. The molecule has 1 aliphatic rings. The number of hydrogen-bond donors (Lipinski definition) is 0. The van der Waals surface area contributed by atoms with Crippen molar-refractivity contribution in [3.63, 3.8) is 0 Å². The van der Waals surface area contributed by atoms with Crippen LogP contribution in [0.15, 0.2) is 24.7 Å². The van der Waals surface area contributed by atoms with Gasteiger partial charge in [0.15, 0.2) is 0 Å². The van der Waals surface area contributed by atoms with Crippen LogP contribution in [0.5, 0.6) is 0 Å². The van der Waals surface area contributed by atoms with E-state index in [9.17, 15) is 4.79 Å².